The molecular weight excluding hydrogens is 274 g/mol. The number of nitrogens with zero attached hydrogens (tertiary/aromatic N) is 1. The van der Waals surface area contributed by atoms with E-state index < -0.39 is 4.92 Å². The van der Waals surface area contributed by atoms with Crippen LogP contribution in [-0.2, 0) is 4.79 Å². The van der Waals surface area contributed by atoms with Crippen molar-refractivity contribution in [1.82, 2.24) is 5.32 Å². The molecule has 1 unspecified atom stereocenters. The molecule has 1 aliphatic rings. The Balaban J connectivity index is 2.13. The molecule has 1 amide bonds. The largest absolute Gasteiger partial charge is 0.484 e. The Morgan fingerprint density at radius 1 is 1.48 bits per heavy atom. The summed E-state index contributed by atoms with van der Waals surface area (Å²) in [5, 5.41) is 17.1. The van der Waals surface area contributed by atoms with Gasteiger partial charge >= 0.3 is 5.69 Å². The van der Waals surface area contributed by atoms with Crippen LogP contribution >= 0.6 is 0 Å². The van der Waals surface area contributed by atoms with Crippen LogP contribution in [0.5, 0.6) is 5.75 Å². The maximum Gasteiger partial charge on any atom is 0.311 e. The first-order valence-electron chi connectivity index (χ1n) is 6.94. The number of benzene rings is 1. The second kappa shape index (κ2) is 6.43. The summed E-state index contributed by atoms with van der Waals surface area (Å²) in [4.78, 5) is 21.7. The number of amides is 1. The molecule has 0 spiro atoms. The number of hydrogen-bond acceptors (Lipinski definition) is 5. The van der Waals surface area contributed by atoms with Crippen LogP contribution in [0.15, 0.2) is 18.2 Å². The van der Waals surface area contributed by atoms with E-state index in [9.17, 15) is 14.9 Å². The molecular formula is C14H19N3O4. The van der Waals surface area contributed by atoms with Crippen molar-refractivity contribution in [3.8, 4) is 5.75 Å². The predicted octanol–water partition coefficient (Wildman–Crippen LogP) is 2.07. The fourth-order valence-electron chi connectivity index (χ4n) is 2.19. The number of carbonyl (C=O) groups is 1. The molecule has 1 aromatic rings. The van der Waals surface area contributed by atoms with Gasteiger partial charge in [-0.25, -0.2) is 0 Å². The number of ether oxygens (including phenoxy) is 1. The lowest BCUT2D eigenvalue weighted by Crippen LogP contribution is -2.41. The van der Waals surface area contributed by atoms with E-state index in [0.29, 0.717) is 13.0 Å². The summed E-state index contributed by atoms with van der Waals surface area (Å²) in [6, 6.07) is 4.84. The zero-order valence-corrected chi connectivity index (χ0v) is 12.1. The van der Waals surface area contributed by atoms with Gasteiger partial charge in [-0.3, -0.25) is 14.9 Å². The first-order valence-corrected chi connectivity index (χ1v) is 6.94. The maximum atomic E-state index is 11.1. The van der Waals surface area contributed by atoms with E-state index in [4.69, 9.17) is 4.74 Å². The Morgan fingerprint density at radius 3 is 2.81 bits per heavy atom. The second-order valence-electron chi connectivity index (χ2n) is 5.29. The van der Waals surface area contributed by atoms with Crippen molar-refractivity contribution in [2.24, 2.45) is 0 Å². The number of carbonyl (C=O) groups excluding carboxylic acids is 1. The van der Waals surface area contributed by atoms with Crippen LogP contribution in [0.4, 0.5) is 11.4 Å². The van der Waals surface area contributed by atoms with Crippen LogP contribution in [0, 0.1) is 10.1 Å². The standard InChI is InChI=1S/C14H19N3O4/c1-9(2)21-13-7-10(3-5-12(13)17(19)20)16-11-4-6-14(18)15-8-11/h3,5,7,9,11,16H,4,6,8H2,1-2H3,(H,15,18). The Labute approximate surface area is 122 Å². The van der Waals surface area contributed by atoms with Gasteiger partial charge < -0.3 is 15.4 Å². The number of piperidine rings is 1. The number of hydrogen-bond donors (Lipinski definition) is 2. The number of anilines is 1. The summed E-state index contributed by atoms with van der Waals surface area (Å²) in [7, 11) is 0. The zero-order chi connectivity index (χ0) is 15.4. The second-order valence-corrected chi connectivity index (χ2v) is 5.29. The summed E-state index contributed by atoms with van der Waals surface area (Å²) in [5.41, 5.74) is 0.698. The van der Waals surface area contributed by atoms with Crippen molar-refractivity contribution in [3.63, 3.8) is 0 Å². The van der Waals surface area contributed by atoms with Crippen molar-refractivity contribution in [3.05, 3.63) is 28.3 Å². The van der Waals surface area contributed by atoms with Gasteiger partial charge in [0.15, 0.2) is 5.75 Å². The van der Waals surface area contributed by atoms with E-state index in [-0.39, 0.29) is 29.5 Å². The third-order valence-corrected chi connectivity index (χ3v) is 3.16. The molecule has 114 valence electrons. The van der Waals surface area contributed by atoms with E-state index in [0.717, 1.165) is 12.1 Å². The maximum absolute atomic E-state index is 11.1. The molecule has 7 heteroatoms. The monoisotopic (exact) mass is 293 g/mol. The number of nitro groups is 1. The van der Waals surface area contributed by atoms with Crippen molar-refractivity contribution in [2.45, 2.75) is 38.8 Å². The molecule has 0 radical (unpaired) electrons. The minimum absolute atomic E-state index is 0.0498. The summed E-state index contributed by atoms with van der Waals surface area (Å²) in [5.74, 6) is 0.306. The normalized spacial score (nSPS) is 18.2. The van der Waals surface area contributed by atoms with Crippen LogP contribution in [0.3, 0.4) is 0 Å². The molecule has 0 saturated carbocycles. The van der Waals surface area contributed by atoms with E-state index in [1.54, 1.807) is 12.1 Å². The molecule has 2 rings (SSSR count). The topological polar surface area (TPSA) is 93.5 Å². The predicted molar refractivity (Wildman–Crippen MR) is 78.5 cm³/mol. The first kappa shape index (κ1) is 15.1. The molecule has 1 atom stereocenters. The number of nitrogens with one attached hydrogen (secondary N) is 2. The minimum Gasteiger partial charge on any atom is -0.484 e. The molecule has 1 aromatic carbocycles. The molecule has 0 bridgehead atoms. The Morgan fingerprint density at radius 2 is 2.24 bits per heavy atom. The average molecular weight is 293 g/mol. The van der Waals surface area contributed by atoms with Gasteiger partial charge in [-0.1, -0.05) is 0 Å². The molecule has 2 N–H and O–H groups in total. The smallest absolute Gasteiger partial charge is 0.311 e. The van der Waals surface area contributed by atoms with E-state index >= 15 is 0 Å². The SMILES string of the molecule is CC(C)Oc1cc(NC2CCC(=O)NC2)ccc1[N+](=O)[O-]. The molecule has 7 nitrogen and oxygen atoms in total. The van der Waals surface area contributed by atoms with Crippen molar-refractivity contribution >= 4 is 17.3 Å². The highest BCUT2D eigenvalue weighted by Gasteiger charge is 2.20. The van der Waals surface area contributed by atoms with Crippen molar-refractivity contribution in [2.75, 3.05) is 11.9 Å². The average Bonchev–Trinajstić information content (AvgIpc) is 2.40. The van der Waals surface area contributed by atoms with Gasteiger partial charge in [-0.05, 0) is 26.3 Å². The summed E-state index contributed by atoms with van der Waals surface area (Å²) < 4.78 is 5.50. The Kier molecular flexibility index (Phi) is 4.62. The number of nitro benzene ring substituents is 1. The summed E-state index contributed by atoms with van der Waals surface area (Å²) in [6.07, 6.45) is 1.08. The molecule has 1 fully saturated rings. The lowest BCUT2D eigenvalue weighted by atomic mass is 10.1. The van der Waals surface area contributed by atoms with Crippen LogP contribution in [0.2, 0.25) is 0 Å². The van der Waals surface area contributed by atoms with Crippen molar-refractivity contribution < 1.29 is 14.5 Å². The molecule has 1 saturated heterocycles. The Bertz CT molecular complexity index is 535. The van der Waals surface area contributed by atoms with Crippen LogP contribution in [0.25, 0.3) is 0 Å². The van der Waals surface area contributed by atoms with Crippen LogP contribution < -0.4 is 15.4 Å². The molecule has 1 heterocycles. The third kappa shape index (κ3) is 4.08. The molecule has 21 heavy (non-hydrogen) atoms. The highest BCUT2D eigenvalue weighted by Crippen LogP contribution is 2.31. The van der Waals surface area contributed by atoms with Crippen LogP contribution in [0.1, 0.15) is 26.7 Å². The van der Waals surface area contributed by atoms with Gasteiger partial charge in [0.05, 0.1) is 11.0 Å². The Hall–Kier alpha value is -2.31. The van der Waals surface area contributed by atoms with E-state index in [1.807, 2.05) is 13.8 Å². The minimum atomic E-state index is -0.456. The summed E-state index contributed by atoms with van der Waals surface area (Å²) in [6.45, 7) is 4.19. The van der Waals surface area contributed by atoms with E-state index in [1.165, 1.54) is 6.07 Å². The first-order chi connectivity index (χ1) is 9.95. The van der Waals surface area contributed by atoms with Gasteiger partial charge in [0, 0.05) is 36.8 Å². The fourth-order valence-corrected chi connectivity index (χ4v) is 2.19. The quantitative estimate of drug-likeness (QED) is 0.640. The fraction of sp³-hybridized carbons (Fsp3) is 0.500. The van der Waals surface area contributed by atoms with E-state index in [2.05, 4.69) is 10.6 Å². The third-order valence-electron chi connectivity index (χ3n) is 3.16. The lowest BCUT2D eigenvalue weighted by molar-refractivity contribution is -0.386. The highest BCUT2D eigenvalue weighted by atomic mass is 16.6. The summed E-state index contributed by atoms with van der Waals surface area (Å²) >= 11 is 0. The highest BCUT2D eigenvalue weighted by molar-refractivity contribution is 5.77. The van der Waals surface area contributed by atoms with Gasteiger partial charge in [0.2, 0.25) is 5.91 Å². The molecule has 0 aliphatic carbocycles. The van der Waals surface area contributed by atoms with Gasteiger partial charge in [-0.15, -0.1) is 0 Å². The van der Waals surface area contributed by atoms with Crippen molar-refractivity contribution in [1.29, 1.82) is 0 Å². The van der Waals surface area contributed by atoms with Gasteiger partial charge in [-0.2, -0.15) is 0 Å². The lowest BCUT2D eigenvalue weighted by Gasteiger charge is -2.24. The van der Waals surface area contributed by atoms with Gasteiger partial charge in [0.1, 0.15) is 0 Å². The number of rotatable bonds is 5. The molecule has 0 aromatic heterocycles. The molecule has 1 aliphatic heterocycles. The zero-order valence-electron chi connectivity index (χ0n) is 12.1. The van der Waals surface area contributed by atoms with Crippen LogP contribution in [-0.4, -0.2) is 29.5 Å². The van der Waals surface area contributed by atoms with Gasteiger partial charge in [0.25, 0.3) is 0 Å².